The van der Waals surface area contributed by atoms with E-state index in [1.807, 2.05) is 18.2 Å². The molecule has 160 valence electrons. The number of hydrogen-bond acceptors (Lipinski definition) is 5. The summed E-state index contributed by atoms with van der Waals surface area (Å²) in [6.45, 7) is 4.00. The van der Waals surface area contributed by atoms with Crippen LogP contribution in [0.3, 0.4) is 0 Å². The van der Waals surface area contributed by atoms with Gasteiger partial charge in [-0.15, -0.1) is 0 Å². The van der Waals surface area contributed by atoms with Gasteiger partial charge in [-0.3, -0.25) is 19.3 Å². The largest absolute Gasteiger partial charge is 0.326 e. The zero-order valence-electron chi connectivity index (χ0n) is 17.5. The van der Waals surface area contributed by atoms with Gasteiger partial charge in [0, 0.05) is 24.2 Å². The van der Waals surface area contributed by atoms with Crippen molar-refractivity contribution in [3.05, 3.63) is 70.1 Å². The van der Waals surface area contributed by atoms with Crippen molar-refractivity contribution in [2.24, 2.45) is 0 Å². The Morgan fingerprint density at radius 3 is 2.39 bits per heavy atom. The van der Waals surface area contributed by atoms with Crippen LogP contribution in [0.1, 0.15) is 48.2 Å². The SMILES string of the molecule is CCc1ccc(/C=C2\SC(=S)N(CCCC(=O)Nc3ccc(C(C)=O)cc3)C2=O)cc1. The lowest BCUT2D eigenvalue weighted by Crippen LogP contribution is -2.29. The van der Waals surface area contributed by atoms with Gasteiger partial charge in [0.25, 0.3) is 5.91 Å². The van der Waals surface area contributed by atoms with Crippen molar-refractivity contribution in [3.63, 3.8) is 0 Å². The van der Waals surface area contributed by atoms with Crippen LogP contribution in [0.15, 0.2) is 53.4 Å². The van der Waals surface area contributed by atoms with E-state index < -0.39 is 0 Å². The Morgan fingerprint density at radius 1 is 1.10 bits per heavy atom. The van der Waals surface area contributed by atoms with Crippen molar-refractivity contribution in [1.29, 1.82) is 0 Å². The number of nitrogens with zero attached hydrogens (tertiary/aromatic N) is 1. The topological polar surface area (TPSA) is 66.5 Å². The van der Waals surface area contributed by atoms with E-state index in [1.54, 1.807) is 29.2 Å². The molecule has 1 heterocycles. The Labute approximate surface area is 191 Å². The molecule has 31 heavy (non-hydrogen) atoms. The molecular weight excluding hydrogens is 428 g/mol. The summed E-state index contributed by atoms with van der Waals surface area (Å²) in [6.07, 6.45) is 3.60. The molecule has 0 saturated carbocycles. The first-order valence-corrected chi connectivity index (χ1v) is 11.3. The summed E-state index contributed by atoms with van der Waals surface area (Å²) in [5.74, 6) is -0.282. The van der Waals surface area contributed by atoms with Crippen LogP contribution in [0.2, 0.25) is 0 Å². The highest BCUT2D eigenvalue weighted by Crippen LogP contribution is 2.32. The number of carbonyl (C=O) groups is 3. The fraction of sp³-hybridized carbons (Fsp3) is 0.250. The number of thiocarbonyl (C=S) groups is 1. The molecule has 1 aliphatic rings. The lowest BCUT2D eigenvalue weighted by atomic mass is 10.1. The summed E-state index contributed by atoms with van der Waals surface area (Å²) in [5.41, 5.74) is 3.45. The van der Waals surface area contributed by atoms with E-state index in [0.717, 1.165) is 12.0 Å². The van der Waals surface area contributed by atoms with E-state index in [-0.39, 0.29) is 24.0 Å². The zero-order valence-corrected chi connectivity index (χ0v) is 19.1. The predicted molar refractivity (Wildman–Crippen MR) is 130 cm³/mol. The van der Waals surface area contributed by atoms with Gasteiger partial charge in [0.2, 0.25) is 5.91 Å². The van der Waals surface area contributed by atoms with Crippen LogP contribution in [0.25, 0.3) is 6.08 Å². The van der Waals surface area contributed by atoms with Gasteiger partial charge >= 0.3 is 0 Å². The molecule has 7 heteroatoms. The minimum Gasteiger partial charge on any atom is -0.326 e. The second kappa shape index (κ2) is 10.5. The lowest BCUT2D eigenvalue weighted by molar-refractivity contribution is -0.122. The number of ketones is 1. The highest BCUT2D eigenvalue weighted by Gasteiger charge is 2.31. The van der Waals surface area contributed by atoms with Crippen LogP contribution in [0.4, 0.5) is 5.69 Å². The highest BCUT2D eigenvalue weighted by atomic mass is 32.2. The summed E-state index contributed by atoms with van der Waals surface area (Å²) >= 11 is 6.66. The van der Waals surface area contributed by atoms with Gasteiger partial charge in [-0.05, 0) is 61.2 Å². The molecule has 3 rings (SSSR count). The molecule has 0 unspecified atom stereocenters. The summed E-state index contributed by atoms with van der Waals surface area (Å²) < 4.78 is 0.515. The van der Waals surface area contributed by atoms with E-state index in [0.29, 0.717) is 33.4 Å². The maximum atomic E-state index is 12.7. The smallest absolute Gasteiger partial charge is 0.266 e. The van der Waals surface area contributed by atoms with Crippen molar-refractivity contribution < 1.29 is 14.4 Å². The molecular formula is C24H24N2O3S2. The number of Topliss-reactive ketones (excluding diaryl/α,β-unsaturated/α-hetero) is 1. The van der Waals surface area contributed by atoms with E-state index in [9.17, 15) is 14.4 Å². The number of thioether (sulfide) groups is 1. The average Bonchev–Trinajstić information content (AvgIpc) is 3.02. The van der Waals surface area contributed by atoms with Gasteiger partial charge in [-0.1, -0.05) is 55.2 Å². The fourth-order valence-corrected chi connectivity index (χ4v) is 4.41. The predicted octanol–water partition coefficient (Wildman–Crippen LogP) is 5.07. The normalized spacial score (nSPS) is 14.9. The Balaban J connectivity index is 1.51. The summed E-state index contributed by atoms with van der Waals surface area (Å²) in [6, 6.07) is 14.9. The van der Waals surface area contributed by atoms with Crippen molar-refractivity contribution in [3.8, 4) is 0 Å². The maximum Gasteiger partial charge on any atom is 0.266 e. The lowest BCUT2D eigenvalue weighted by Gasteiger charge is -2.14. The van der Waals surface area contributed by atoms with Crippen molar-refractivity contribution in [1.82, 2.24) is 4.90 Å². The summed E-state index contributed by atoms with van der Waals surface area (Å²) in [7, 11) is 0. The molecule has 2 aromatic rings. The standard InChI is InChI=1S/C24H24N2O3S2/c1-3-17-6-8-18(9-7-17)15-21-23(29)26(24(30)31-21)14-4-5-22(28)25-20-12-10-19(11-13-20)16(2)27/h6-13,15H,3-5,14H2,1-2H3,(H,25,28)/b21-15-. The number of anilines is 1. The first kappa shape index (κ1) is 22.9. The first-order valence-electron chi connectivity index (χ1n) is 10.1. The van der Waals surface area contributed by atoms with Gasteiger partial charge in [0.05, 0.1) is 4.91 Å². The van der Waals surface area contributed by atoms with Crippen LogP contribution < -0.4 is 5.32 Å². The van der Waals surface area contributed by atoms with Gasteiger partial charge in [0.1, 0.15) is 4.32 Å². The molecule has 0 aromatic heterocycles. The van der Waals surface area contributed by atoms with E-state index >= 15 is 0 Å². The van der Waals surface area contributed by atoms with Crippen LogP contribution >= 0.6 is 24.0 Å². The van der Waals surface area contributed by atoms with Gasteiger partial charge < -0.3 is 5.32 Å². The van der Waals surface area contributed by atoms with E-state index in [1.165, 1.54) is 24.2 Å². The molecule has 1 saturated heterocycles. The zero-order chi connectivity index (χ0) is 22.4. The Kier molecular flexibility index (Phi) is 7.76. The third-order valence-corrected chi connectivity index (χ3v) is 6.30. The molecule has 2 amide bonds. The highest BCUT2D eigenvalue weighted by molar-refractivity contribution is 8.26. The summed E-state index contributed by atoms with van der Waals surface area (Å²) in [4.78, 5) is 38.4. The van der Waals surface area contributed by atoms with Crippen LogP contribution in [0, 0.1) is 0 Å². The Morgan fingerprint density at radius 2 is 1.77 bits per heavy atom. The molecule has 1 N–H and O–H groups in total. The van der Waals surface area contributed by atoms with E-state index in [2.05, 4.69) is 24.4 Å². The number of hydrogen-bond donors (Lipinski definition) is 1. The molecule has 1 aliphatic heterocycles. The van der Waals surface area contributed by atoms with Crippen molar-refractivity contribution in [2.45, 2.75) is 33.1 Å². The number of benzene rings is 2. The molecule has 0 aliphatic carbocycles. The molecule has 0 spiro atoms. The van der Waals surface area contributed by atoms with Crippen molar-refractivity contribution in [2.75, 3.05) is 11.9 Å². The molecule has 0 atom stereocenters. The van der Waals surface area contributed by atoms with Gasteiger partial charge in [-0.2, -0.15) is 0 Å². The average molecular weight is 453 g/mol. The van der Waals surface area contributed by atoms with Crippen LogP contribution in [0.5, 0.6) is 0 Å². The second-order valence-corrected chi connectivity index (χ2v) is 8.89. The third-order valence-electron chi connectivity index (χ3n) is 4.92. The number of carbonyl (C=O) groups excluding carboxylic acids is 3. The van der Waals surface area contributed by atoms with Crippen molar-refractivity contribution >= 4 is 57.7 Å². The Hall–Kier alpha value is -2.77. The minimum atomic E-state index is -0.146. The minimum absolute atomic E-state index is 0.0200. The number of rotatable bonds is 8. The number of aryl methyl sites for hydroxylation is 1. The van der Waals surface area contributed by atoms with Crippen LogP contribution in [-0.2, 0) is 16.0 Å². The van der Waals surface area contributed by atoms with Gasteiger partial charge in [0.15, 0.2) is 5.78 Å². The molecule has 0 bridgehead atoms. The number of amides is 2. The van der Waals surface area contributed by atoms with E-state index in [4.69, 9.17) is 12.2 Å². The molecule has 2 aromatic carbocycles. The second-order valence-electron chi connectivity index (χ2n) is 7.21. The van der Waals surface area contributed by atoms with Gasteiger partial charge in [-0.25, -0.2) is 0 Å². The maximum absolute atomic E-state index is 12.7. The monoisotopic (exact) mass is 452 g/mol. The molecule has 5 nitrogen and oxygen atoms in total. The first-order chi connectivity index (χ1) is 14.9. The number of nitrogens with one attached hydrogen (secondary N) is 1. The quantitative estimate of drug-likeness (QED) is 0.344. The fourth-order valence-electron chi connectivity index (χ4n) is 3.10. The third kappa shape index (κ3) is 6.12. The Bertz CT molecular complexity index is 1030. The molecule has 0 radical (unpaired) electrons. The molecule has 1 fully saturated rings. The summed E-state index contributed by atoms with van der Waals surface area (Å²) in [5, 5.41) is 2.80. The van der Waals surface area contributed by atoms with Crippen LogP contribution in [-0.4, -0.2) is 33.4 Å².